The lowest BCUT2D eigenvalue weighted by atomic mass is 9.88. The summed E-state index contributed by atoms with van der Waals surface area (Å²) in [6.45, 7) is 8.66. The second-order valence-electron chi connectivity index (χ2n) is 7.17. The normalized spacial score (nSPS) is 15.3. The monoisotopic (exact) mass is 374 g/mol. The zero-order chi connectivity index (χ0) is 20.0. The van der Waals surface area contributed by atoms with Gasteiger partial charge < -0.3 is 14.2 Å². The zero-order valence-corrected chi connectivity index (χ0v) is 16.1. The van der Waals surface area contributed by atoms with Gasteiger partial charge in [0.25, 0.3) is 5.78 Å². The third-order valence-corrected chi connectivity index (χ3v) is 4.78. The summed E-state index contributed by atoms with van der Waals surface area (Å²) < 4.78 is 16.0. The third-order valence-electron chi connectivity index (χ3n) is 4.78. The first kappa shape index (κ1) is 20.7. The minimum Gasteiger partial charge on any atom is -0.485 e. The van der Waals surface area contributed by atoms with E-state index < -0.39 is 29.9 Å². The molecule has 1 saturated carbocycles. The molecule has 27 heavy (non-hydrogen) atoms. The lowest BCUT2D eigenvalue weighted by molar-refractivity contribution is -0.170. The highest BCUT2D eigenvalue weighted by atomic mass is 16.6. The van der Waals surface area contributed by atoms with Crippen molar-refractivity contribution < 1.29 is 28.6 Å². The van der Waals surface area contributed by atoms with Gasteiger partial charge >= 0.3 is 11.9 Å². The highest BCUT2D eigenvalue weighted by Crippen LogP contribution is 2.39. The number of hydrogen-bond acceptors (Lipinski definition) is 6. The molecule has 0 unspecified atom stereocenters. The quantitative estimate of drug-likeness (QED) is 0.299. The summed E-state index contributed by atoms with van der Waals surface area (Å²) in [5, 5.41) is 0. The zero-order valence-electron chi connectivity index (χ0n) is 16.1. The highest BCUT2D eigenvalue weighted by molar-refractivity contribution is 6.34. The number of ether oxygens (including phenoxy) is 3. The second-order valence-corrected chi connectivity index (χ2v) is 7.17. The van der Waals surface area contributed by atoms with Crippen LogP contribution in [-0.4, -0.2) is 29.9 Å². The molecule has 2 rings (SSSR count). The topological polar surface area (TPSA) is 78.9 Å². The SMILES string of the molecule is C=C(C)C(=O)Oc1ccc(OCC(=O)C(=O)OC2(C(C)C)CCCC2)cc1. The number of Topliss-reactive ketones (excluding diaryl/α,β-unsaturated/α-hetero) is 1. The number of hydrogen-bond donors (Lipinski definition) is 0. The van der Waals surface area contributed by atoms with Crippen molar-refractivity contribution in [2.75, 3.05) is 6.61 Å². The average molecular weight is 374 g/mol. The Kier molecular flexibility index (Phi) is 6.77. The highest BCUT2D eigenvalue weighted by Gasteiger charge is 2.41. The summed E-state index contributed by atoms with van der Waals surface area (Å²) in [4.78, 5) is 35.7. The first-order chi connectivity index (χ1) is 12.7. The van der Waals surface area contributed by atoms with Crippen molar-refractivity contribution in [3.05, 3.63) is 36.4 Å². The number of carbonyl (C=O) groups excluding carboxylic acids is 3. The van der Waals surface area contributed by atoms with Gasteiger partial charge in [0.2, 0.25) is 0 Å². The molecule has 0 bridgehead atoms. The van der Waals surface area contributed by atoms with Gasteiger partial charge in [-0.3, -0.25) is 4.79 Å². The fraction of sp³-hybridized carbons (Fsp3) is 0.476. The Bertz CT molecular complexity index is 711. The molecule has 0 aromatic heterocycles. The molecule has 1 aliphatic carbocycles. The van der Waals surface area contributed by atoms with Crippen LogP contribution in [-0.2, 0) is 19.1 Å². The molecular weight excluding hydrogens is 348 g/mol. The summed E-state index contributed by atoms with van der Waals surface area (Å²) in [6, 6.07) is 6.16. The molecule has 0 radical (unpaired) electrons. The molecular formula is C21H26O6. The Hall–Kier alpha value is -2.63. The first-order valence-corrected chi connectivity index (χ1v) is 9.10. The van der Waals surface area contributed by atoms with Gasteiger partial charge in [-0.2, -0.15) is 0 Å². The van der Waals surface area contributed by atoms with Crippen LogP contribution in [0.15, 0.2) is 36.4 Å². The first-order valence-electron chi connectivity index (χ1n) is 9.10. The van der Waals surface area contributed by atoms with E-state index in [0.717, 1.165) is 25.7 Å². The van der Waals surface area contributed by atoms with E-state index in [1.54, 1.807) is 19.1 Å². The fourth-order valence-corrected chi connectivity index (χ4v) is 3.02. The molecule has 1 aromatic carbocycles. The molecule has 0 saturated heterocycles. The predicted molar refractivity (Wildman–Crippen MR) is 99.5 cm³/mol. The van der Waals surface area contributed by atoms with Crippen molar-refractivity contribution in [3.8, 4) is 11.5 Å². The summed E-state index contributed by atoms with van der Waals surface area (Å²) in [5.41, 5.74) is -0.248. The molecule has 1 aromatic rings. The van der Waals surface area contributed by atoms with Crippen LogP contribution in [0.4, 0.5) is 0 Å². The lowest BCUT2D eigenvalue weighted by Gasteiger charge is -2.32. The van der Waals surface area contributed by atoms with E-state index in [-0.39, 0.29) is 5.92 Å². The van der Waals surface area contributed by atoms with Crippen LogP contribution < -0.4 is 9.47 Å². The summed E-state index contributed by atoms with van der Waals surface area (Å²) in [7, 11) is 0. The lowest BCUT2D eigenvalue weighted by Crippen LogP contribution is -2.40. The van der Waals surface area contributed by atoms with Crippen LogP contribution in [0.2, 0.25) is 0 Å². The minimum atomic E-state index is -0.849. The Morgan fingerprint density at radius 3 is 2.11 bits per heavy atom. The van der Waals surface area contributed by atoms with Gasteiger partial charge in [0.05, 0.1) is 0 Å². The molecule has 1 aliphatic rings. The number of ketones is 1. The fourth-order valence-electron chi connectivity index (χ4n) is 3.02. The van der Waals surface area contributed by atoms with Crippen molar-refractivity contribution >= 4 is 17.7 Å². The predicted octanol–water partition coefficient (Wildman–Crippen LogP) is 3.63. The van der Waals surface area contributed by atoms with Crippen LogP contribution in [0.1, 0.15) is 46.5 Å². The maximum atomic E-state index is 12.2. The Morgan fingerprint density at radius 1 is 1.04 bits per heavy atom. The molecule has 0 spiro atoms. The Balaban J connectivity index is 1.86. The van der Waals surface area contributed by atoms with Gasteiger partial charge in [-0.05, 0) is 62.8 Å². The number of benzene rings is 1. The van der Waals surface area contributed by atoms with E-state index in [0.29, 0.717) is 17.1 Å². The maximum absolute atomic E-state index is 12.2. The van der Waals surface area contributed by atoms with Gasteiger partial charge in [-0.25, -0.2) is 9.59 Å². The van der Waals surface area contributed by atoms with Gasteiger partial charge in [0.15, 0.2) is 6.61 Å². The average Bonchev–Trinajstić information content (AvgIpc) is 3.10. The number of carbonyl (C=O) groups is 3. The van der Waals surface area contributed by atoms with Crippen molar-refractivity contribution in [1.82, 2.24) is 0 Å². The van der Waals surface area contributed by atoms with Crippen LogP contribution >= 0.6 is 0 Å². The number of rotatable bonds is 8. The van der Waals surface area contributed by atoms with Crippen LogP contribution in [0, 0.1) is 5.92 Å². The van der Waals surface area contributed by atoms with Gasteiger partial charge in [-0.1, -0.05) is 20.4 Å². The van der Waals surface area contributed by atoms with E-state index >= 15 is 0 Å². The summed E-state index contributed by atoms with van der Waals surface area (Å²) in [5.74, 6) is -1.22. The van der Waals surface area contributed by atoms with E-state index in [1.807, 2.05) is 13.8 Å². The van der Waals surface area contributed by atoms with E-state index in [4.69, 9.17) is 14.2 Å². The second kappa shape index (κ2) is 8.84. The standard InChI is InChI=1S/C21H26O6/c1-14(2)19(23)26-17-9-7-16(8-10-17)25-13-18(22)20(24)27-21(15(3)4)11-5-6-12-21/h7-10,15H,1,5-6,11-13H2,2-4H3. The van der Waals surface area contributed by atoms with Crippen LogP contribution in [0.5, 0.6) is 11.5 Å². The molecule has 0 aliphatic heterocycles. The molecule has 1 fully saturated rings. The van der Waals surface area contributed by atoms with Crippen LogP contribution in [0.25, 0.3) is 0 Å². The molecule has 0 heterocycles. The van der Waals surface area contributed by atoms with E-state index in [9.17, 15) is 14.4 Å². The Morgan fingerprint density at radius 2 is 1.59 bits per heavy atom. The van der Waals surface area contributed by atoms with Crippen molar-refractivity contribution in [3.63, 3.8) is 0 Å². The molecule has 0 atom stereocenters. The van der Waals surface area contributed by atoms with E-state index in [2.05, 4.69) is 6.58 Å². The van der Waals surface area contributed by atoms with Gasteiger partial charge in [0.1, 0.15) is 17.1 Å². The largest absolute Gasteiger partial charge is 0.485 e. The maximum Gasteiger partial charge on any atom is 0.378 e. The van der Waals surface area contributed by atoms with Crippen molar-refractivity contribution in [2.45, 2.75) is 52.1 Å². The summed E-state index contributed by atoms with van der Waals surface area (Å²) >= 11 is 0. The molecule has 0 N–H and O–H groups in total. The van der Waals surface area contributed by atoms with Gasteiger partial charge in [0, 0.05) is 5.57 Å². The number of esters is 2. The van der Waals surface area contributed by atoms with Crippen molar-refractivity contribution in [1.29, 1.82) is 0 Å². The minimum absolute atomic E-state index is 0.159. The molecule has 146 valence electrons. The molecule has 0 amide bonds. The smallest absolute Gasteiger partial charge is 0.378 e. The van der Waals surface area contributed by atoms with Gasteiger partial charge in [-0.15, -0.1) is 0 Å². The van der Waals surface area contributed by atoms with E-state index in [1.165, 1.54) is 12.1 Å². The summed E-state index contributed by atoms with van der Waals surface area (Å²) in [6.07, 6.45) is 3.57. The molecule has 6 nitrogen and oxygen atoms in total. The third kappa shape index (κ3) is 5.42. The van der Waals surface area contributed by atoms with Crippen molar-refractivity contribution in [2.24, 2.45) is 5.92 Å². The van der Waals surface area contributed by atoms with Crippen LogP contribution in [0.3, 0.4) is 0 Å². The molecule has 6 heteroatoms. The Labute approximate surface area is 159 Å².